The van der Waals surface area contributed by atoms with Crippen LogP contribution in [0.25, 0.3) is 0 Å². The maximum Gasteiger partial charge on any atom is 0.228 e. The topological polar surface area (TPSA) is 42.0 Å². The van der Waals surface area contributed by atoms with Crippen LogP contribution in [0.2, 0.25) is 5.02 Å². The second-order valence-electron chi connectivity index (χ2n) is 4.00. The minimum atomic E-state index is -0.0892. The van der Waals surface area contributed by atoms with Crippen molar-refractivity contribution in [1.29, 1.82) is 0 Å². The molecule has 3 nitrogen and oxygen atoms in total. The van der Waals surface area contributed by atoms with Crippen molar-refractivity contribution in [2.75, 3.05) is 5.32 Å². The molecular formula is C14H13ClN2O. The monoisotopic (exact) mass is 260 g/mol. The summed E-state index contributed by atoms with van der Waals surface area (Å²) in [6.07, 6.45) is 1.93. The maximum atomic E-state index is 11.9. The lowest BCUT2D eigenvalue weighted by atomic mass is 10.1. The van der Waals surface area contributed by atoms with Gasteiger partial charge in [-0.2, -0.15) is 0 Å². The van der Waals surface area contributed by atoms with Crippen molar-refractivity contribution in [3.8, 4) is 0 Å². The number of hydrogen-bond acceptors (Lipinski definition) is 2. The molecule has 0 bridgehead atoms. The number of carbonyl (C=O) groups is 1. The second kappa shape index (κ2) is 5.65. The number of rotatable bonds is 3. The summed E-state index contributed by atoms with van der Waals surface area (Å²) in [5.41, 5.74) is 2.44. The normalized spacial score (nSPS) is 10.1. The zero-order valence-electron chi connectivity index (χ0n) is 9.98. The van der Waals surface area contributed by atoms with E-state index >= 15 is 0 Å². The van der Waals surface area contributed by atoms with Crippen LogP contribution >= 0.6 is 11.6 Å². The summed E-state index contributed by atoms with van der Waals surface area (Å²) >= 11 is 6.01. The third-order valence-electron chi connectivity index (χ3n) is 2.49. The van der Waals surface area contributed by atoms with Gasteiger partial charge in [0.1, 0.15) is 0 Å². The molecule has 18 heavy (non-hydrogen) atoms. The van der Waals surface area contributed by atoms with E-state index in [1.54, 1.807) is 18.3 Å². The summed E-state index contributed by atoms with van der Waals surface area (Å²) in [5.74, 6) is -0.0892. The molecule has 0 saturated carbocycles. The number of pyridine rings is 1. The smallest absolute Gasteiger partial charge is 0.228 e. The van der Waals surface area contributed by atoms with Gasteiger partial charge in [-0.25, -0.2) is 0 Å². The number of halogens is 1. The molecule has 2 rings (SSSR count). The predicted octanol–water partition coefficient (Wildman–Crippen LogP) is 3.22. The molecule has 1 aromatic carbocycles. The van der Waals surface area contributed by atoms with E-state index in [2.05, 4.69) is 10.3 Å². The van der Waals surface area contributed by atoms with Crippen LogP contribution in [0.5, 0.6) is 0 Å². The molecule has 0 spiro atoms. The summed E-state index contributed by atoms with van der Waals surface area (Å²) in [4.78, 5) is 15.9. The highest BCUT2D eigenvalue weighted by Gasteiger charge is 2.06. The summed E-state index contributed by atoms with van der Waals surface area (Å²) in [5, 5.41) is 3.43. The van der Waals surface area contributed by atoms with E-state index in [-0.39, 0.29) is 12.3 Å². The highest BCUT2D eigenvalue weighted by molar-refractivity contribution is 6.31. The van der Waals surface area contributed by atoms with Crippen LogP contribution in [0.15, 0.2) is 42.6 Å². The minimum Gasteiger partial charge on any atom is -0.326 e. The molecule has 2 aromatic rings. The number of aryl methyl sites for hydroxylation is 1. The molecule has 0 saturated heterocycles. The fraction of sp³-hybridized carbons (Fsp3) is 0.143. The van der Waals surface area contributed by atoms with Gasteiger partial charge in [-0.15, -0.1) is 0 Å². The van der Waals surface area contributed by atoms with Crippen LogP contribution in [-0.2, 0) is 11.2 Å². The van der Waals surface area contributed by atoms with Gasteiger partial charge in [0, 0.05) is 22.6 Å². The number of amides is 1. The number of carbonyl (C=O) groups excluding carboxylic acids is 1. The zero-order chi connectivity index (χ0) is 13.0. The highest BCUT2D eigenvalue weighted by atomic mass is 35.5. The number of nitrogens with one attached hydrogen (secondary N) is 1. The molecule has 1 amide bonds. The molecule has 0 aliphatic heterocycles. The van der Waals surface area contributed by atoms with Gasteiger partial charge in [-0.1, -0.05) is 29.8 Å². The molecule has 1 aromatic heterocycles. The van der Waals surface area contributed by atoms with Crippen molar-refractivity contribution >= 4 is 23.2 Å². The first kappa shape index (κ1) is 12.6. The van der Waals surface area contributed by atoms with Gasteiger partial charge in [0.25, 0.3) is 0 Å². The summed E-state index contributed by atoms with van der Waals surface area (Å²) in [6, 6.07) is 10.9. The fourth-order valence-corrected chi connectivity index (χ4v) is 1.85. The fourth-order valence-electron chi connectivity index (χ4n) is 1.64. The van der Waals surface area contributed by atoms with Gasteiger partial charge in [-0.05, 0) is 30.7 Å². The second-order valence-corrected chi connectivity index (χ2v) is 4.41. The predicted molar refractivity (Wildman–Crippen MR) is 72.8 cm³/mol. The molecule has 0 aliphatic rings. The van der Waals surface area contributed by atoms with Crippen molar-refractivity contribution in [2.45, 2.75) is 13.3 Å². The van der Waals surface area contributed by atoms with Crippen LogP contribution in [0.4, 0.5) is 5.69 Å². The van der Waals surface area contributed by atoms with Crippen LogP contribution in [-0.4, -0.2) is 10.9 Å². The van der Waals surface area contributed by atoms with Crippen LogP contribution in [0.3, 0.4) is 0 Å². The quantitative estimate of drug-likeness (QED) is 0.921. The Morgan fingerprint density at radius 3 is 2.83 bits per heavy atom. The summed E-state index contributed by atoms with van der Waals surface area (Å²) in [6.45, 7) is 1.88. The van der Waals surface area contributed by atoms with Gasteiger partial charge in [0.15, 0.2) is 0 Å². The number of hydrogen-bond donors (Lipinski definition) is 1. The molecule has 0 unspecified atom stereocenters. The Morgan fingerprint density at radius 1 is 1.33 bits per heavy atom. The Kier molecular flexibility index (Phi) is 3.95. The van der Waals surface area contributed by atoms with Crippen LogP contribution in [0, 0.1) is 6.92 Å². The van der Waals surface area contributed by atoms with Crippen LogP contribution in [0.1, 0.15) is 11.3 Å². The Balaban J connectivity index is 2.03. The zero-order valence-corrected chi connectivity index (χ0v) is 10.7. The van der Waals surface area contributed by atoms with Crippen molar-refractivity contribution in [1.82, 2.24) is 4.98 Å². The van der Waals surface area contributed by atoms with Crippen molar-refractivity contribution in [2.24, 2.45) is 0 Å². The van der Waals surface area contributed by atoms with E-state index in [0.29, 0.717) is 5.02 Å². The third-order valence-corrected chi connectivity index (χ3v) is 2.86. The SMILES string of the molecule is Cc1cc(NC(=O)Cc2ccccc2Cl)ccn1. The first-order valence-electron chi connectivity index (χ1n) is 5.61. The van der Waals surface area contributed by atoms with Gasteiger partial charge < -0.3 is 5.32 Å². The van der Waals surface area contributed by atoms with Crippen molar-refractivity contribution in [3.05, 3.63) is 58.9 Å². The molecule has 0 aliphatic carbocycles. The van der Waals surface area contributed by atoms with E-state index in [9.17, 15) is 4.79 Å². The standard InChI is InChI=1S/C14H13ClN2O/c1-10-8-12(6-7-16-10)17-14(18)9-11-4-2-3-5-13(11)15/h2-8H,9H2,1H3,(H,16,17,18). The first-order valence-corrected chi connectivity index (χ1v) is 5.99. The lowest BCUT2D eigenvalue weighted by molar-refractivity contribution is -0.115. The molecule has 1 N–H and O–H groups in total. The highest BCUT2D eigenvalue weighted by Crippen LogP contribution is 2.16. The molecule has 0 atom stereocenters. The largest absolute Gasteiger partial charge is 0.326 e. The van der Waals surface area contributed by atoms with E-state index in [4.69, 9.17) is 11.6 Å². The summed E-state index contributed by atoms with van der Waals surface area (Å²) < 4.78 is 0. The third kappa shape index (κ3) is 3.31. The number of anilines is 1. The molecule has 0 radical (unpaired) electrons. The molecule has 4 heteroatoms. The molecule has 92 valence electrons. The Hall–Kier alpha value is -1.87. The number of aromatic nitrogens is 1. The van der Waals surface area contributed by atoms with Crippen LogP contribution < -0.4 is 5.32 Å². The summed E-state index contributed by atoms with van der Waals surface area (Å²) in [7, 11) is 0. The average Bonchev–Trinajstić information content (AvgIpc) is 2.32. The van der Waals surface area contributed by atoms with Gasteiger partial charge in [0.05, 0.1) is 6.42 Å². The lowest BCUT2D eigenvalue weighted by Crippen LogP contribution is -2.14. The van der Waals surface area contributed by atoms with Crippen molar-refractivity contribution in [3.63, 3.8) is 0 Å². The van der Waals surface area contributed by atoms with Crippen molar-refractivity contribution < 1.29 is 4.79 Å². The van der Waals surface area contributed by atoms with Gasteiger partial charge >= 0.3 is 0 Å². The average molecular weight is 261 g/mol. The maximum absolute atomic E-state index is 11.9. The molecule has 1 heterocycles. The van der Waals surface area contributed by atoms with Gasteiger partial charge in [-0.3, -0.25) is 9.78 Å². The Bertz CT molecular complexity index is 569. The number of benzene rings is 1. The minimum absolute atomic E-state index is 0.0892. The molecule has 0 fully saturated rings. The van der Waals surface area contributed by atoms with E-state index in [1.807, 2.05) is 31.2 Å². The number of nitrogens with zero attached hydrogens (tertiary/aromatic N) is 1. The Labute approximate surface area is 111 Å². The van der Waals surface area contributed by atoms with E-state index in [0.717, 1.165) is 16.9 Å². The van der Waals surface area contributed by atoms with E-state index in [1.165, 1.54) is 0 Å². The lowest BCUT2D eigenvalue weighted by Gasteiger charge is -2.06. The Morgan fingerprint density at radius 2 is 2.11 bits per heavy atom. The molecular weight excluding hydrogens is 248 g/mol. The van der Waals surface area contributed by atoms with Gasteiger partial charge in [0.2, 0.25) is 5.91 Å². The first-order chi connectivity index (χ1) is 8.65. The van der Waals surface area contributed by atoms with E-state index < -0.39 is 0 Å².